The van der Waals surface area contributed by atoms with Gasteiger partial charge in [-0.2, -0.15) is 4.98 Å². The summed E-state index contributed by atoms with van der Waals surface area (Å²) in [6, 6.07) is 1.75. The lowest BCUT2D eigenvalue weighted by atomic mass is 10.2. The number of carbonyl (C=O) groups excluding carboxylic acids is 1. The molecule has 0 amide bonds. The number of nitrogens with two attached hydrogens (primary N) is 1. The van der Waals surface area contributed by atoms with Gasteiger partial charge in [0.25, 0.3) is 0 Å². The van der Waals surface area contributed by atoms with Crippen LogP contribution in [0.5, 0.6) is 0 Å². The SMILES string of the molecule is CCCN(CCC)c1nc(C(=O)CN)cc(N2CCOCC2)n1. The van der Waals surface area contributed by atoms with E-state index in [9.17, 15) is 4.79 Å². The molecule has 0 atom stereocenters. The Kier molecular flexibility index (Phi) is 6.73. The molecule has 0 radical (unpaired) electrons. The first-order valence-electron chi connectivity index (χ1n) is 8.39. The van der Waals surface area contributed by atoms with E-state index in [4.69, 9.17) is 15.5 Å². The standard InChI is InChI=1S/C16H27N5O2/c1-3-5-21(6-4-2)16-18-13(14(22)12-17)11-15(19-16)20-7-9-23-10-8-20/h11H,3-10,12,17H2,1-2H3. The zero-order chi connectivity index (χ0) is 16.7. The predicted molar refractivity (Wildman–Crippen MR) is 91.2 cm³/mol. The third kappa shape index (κ3) is 4.62. The Morgan fingerprint density at radius 2 is 1.91 bits per heavy atom. The molecule has 128 valence electrons. The lowest BCUT2D eigenvalue weighted by Gasteiger charge is -2.29. The first-order valence-corrected chi connectivity index (χ1v) is 8.39. The summed E-state index contributed by atoms with van der Waals surface area (Å²) in [5.74, 6) is 1.25. The highest BCUT2D eigenvalue weighted by Gasteiger charge is 2.19. The number of ketones is 1. The smallest absolute Gasteiger partial charge is 0.227 e. The van der Waals surface area contributed by atoms with Gasteiger partial charge in [-0.05, 0) is 12.8 Å². The maximum atomic E-state index is 12.1. The van der Waals surface area contributed by atoms with Crippen LogP contribution >= 0.6 is 0 Å². The first-order chi connectivity index (χ1) is 11.2. The second-order valence-corrected chi connectivity index (χ2v) is 5.63. The van der Waals surface area contributed by atoms with Gasteiger partial charge in [-0.15, -0.1) is 0 Å². The molecule has 2 rings (SSSR count). The zero-order valence-corrected chi connectivity index (χ0v) is 14.1. The Hall–Kier alpha value is -1.73. The molecular weight excluding hydrogens is 294 g/mol. The fourth-order valence-corrected chi connectivity index (χ4v) is 2.62. The number of hydrogen-bond acceptors (Lipinski definition) is 7. The van der Waals surface area contributed by atoms with Gasteiger partial charge in [0.15, 0.2) is 5.78 Å². The number of ether oxygens (including phenoxy) is 1. The van der Waals surface area contributed by atoms with Crippen LogP contribution in [0.3, 0.4) is 0 Å². The quantitative estimate of drug-likeness (QED) is 0.717. The van der Waals surface area contributed by atoms with Crippen LogP contribution in [0.25, 0.3) is 0 Å². The average molecular weight is 321 g/mol. The number of aromatic nitrogens is 2. The van der Waals surface area contributed by atoms with E-state index in [0.717, 1.165) is 44.8 Å². The van der Waals surface area contributed by atoms with Crippen LogP contribution in [0.2, 0.25) is 0 Å². The lowest BCUT2D eigenvalue weighted by Crippen LogP contribution is -2.37. The van der Waals surface area contributed by atoms with Gasteiger partial charge >= 0.3 is 0 Å². The van der Waals surface area contributed by atoms with Crippen molar-refractivity contribution in [2.45, 2.75) is 26.7 Å². The maximum absolute atomic E-state index is 12.1. The minimum absolute atomic E-state index is 0.0411. The topological polar surface area (TPSA) is 84.6 Å². The molecular formula is C16H27N5O2. The molecule has 0 aromatic carbocycles. The van der Waals surface area contributed by atoms with Gasteiger partial charge in [-0.25, -0.2) is 4.98 Å². The van der Waals surface area contributed by atoms with Crippen molar-refractivity contribution >= 4 is 17.5 Å². The number of morpholine rings is 1. The van der Waals surface area contributed by atoms with Crippen molar-refractivity contribution < 1.29 is 9.53 Å². The summed E-state index contributed by atoms with van der Waals surface area (Å²) in [4.78, 5) is 25.5. The highest BCUT2D eigenvalue weighted by molar-refractivity contribution is 5.96. The molecule has 1 aromatic rings. The normalized spacial score (nSPS) is 14.8. The van der Waals surface area contributed by atoms with Gasteiger partial charge in [0.05, 0.1) is 19.8 Å². The van der Waals surface area contributed by atoms with E-state index in [1.807, 2.05) is 0 Å². The van der Waals surface area contributed by atoms with Gasteiger partial charge in [0, 0.05) is 32.2 Å². The molecule has 1 fully saturated rings. The monoisotopic (exact) mass is 321 g/mol. The van der Waals surface area contributed by atoms with Crippen molar-refractivity contribution in [3.8, 4) is 0 Å². The highest BCUT2D eigenvalue weighted by atomic mass is 16.5. The van der Waals surface area contributed by atoms with Gasteiger partial charge in [0.2, 0.25) is 5.95 Å². The van der Waals surface area contributed by atoms with Crippen LogP contribution in [0, 0.1) is 0 Å². The average Bonchev–Trinajstić information content (AvgIpc) is 2.61. The van der Waals surface area contributed by atoms with Crippen LogP contribution in [-0.2, 0) is 4.74 Å². The lowest BCUT2D eigenvalue weighted by molar-refractivity contribution is 0.0996. The molecule has 1 aliphatic rings. The van der Waals surface area contributed by atoms with Crippen molar-refractivity contribution in [3.05, 3.63) is 11.8 Å². The van der Waals surface area contributed by atoms with Gasteiger partial charge in [0.1, 0.15) is 11.5 Å². The van der Waals surface area contributed by atoms with Crippen molar-refractivity contribution in [3.63, 3.8) is 0 Å². The third-order valence-corrected chi connectivity index (χ3v) is 3.78. The summed E-state index contributed by atoms with van der Waals surface area (Å²) >= 11 is 0. The zero-order valence-electron chi connectivity index (χ0n) is 14.1. The van der Waals surface area contributed by atoms with Crippen LogP contribution in [-0.4, -0.2) is 61.7 Å². The Labute approximate surface area is 137 Å². The summed E-state index contributed by atoms with van der Waals surface area (Å²) in [5, 5.41) is 0. The van der Waals surface area contributed by atoms with Crippen molar-refractivity contribution in [1.82, 2.24) is 9.97 Å². The van der Waals surface area contributed by atoms with Gasteiger partial charge in [-0.3, -0.25) is 4.79 Å². The Morgan fingerprint density at radius 1 is 1.26 bits per heavy atom. The van der Waals surface area contributed by atoms with E-state index in [2.05, 4.69) is 28.6 Å². The van der Waals surface area contributed by atoms with E-state index in [-0.39, 0.29) is 12.3 Å². The van der Waals surface area contributed by atoms with Crippen LogP contribution in [0.4, 0.5) is 11.8 Å². The van der Waals surface area contributed by atoms with Crippen LogP contribution in [0.15, 0.2) is 6.07 Å². The largest absolute Gasteiger partial charge is 0.378 e. The molecule has 0 unspecified atom stereocenters. The minimum atomic E-state index is -0.156. The Bertz CT molecular complexity index is 511. The summed E-state index contributed by atoms with van der Waals surface area (Å²) in [5.41, 5.74) is 5.92. The Morgan fingerprint density at radius 3 is 2.48 bits per heavy atom. The van der Waals surface area contributed by atoms with Crippen molar-refractivity contribution in [1.29, 1.82) is 0 Å². The van der Waals surface area contributed by atoms with Crippen LogP contribution in [0.1, 0.15) is 37.2 Å². The van der Waals surface area contributed by atoms with Crippen molar-refractivity contribution in [2.24, 2.45) is 5.73 Å². The molecule has 2 N–H and O–H groups in total. The molecule has 0 spiro atoms. The summed E-state index contributed by atoms with van der Waals surface area (Å²) in [6.45, 7) is 8.84. The molecule has 7 heteroatoms. The number of nitrogens with zero attached hydrogens (tertiary/aromatic N) is 4. The number of rotatable bonds is 8. The van der Waals surface area contributed by atoms with Gasteiger partial charge < -0.3 is 20.3 Å². The molecule has 7 nitrogen and oxygen atoms in total. The number of hydrogen-bond donors (Lipinski definition) is 1. The Balaban J connectivity index is 2.36. The molecule has 2 heterocycles. The predicted octanol–water partition coefficient (Wildman–Crippen LogP) is 1.08. The fraction of sp³-hybridized carbons (Fsp3) is 0.688. The number of Topliss-reactive ketones (excluding diaryl/α,β-unsaturated/α-hetero) is 1. The molecule has 23 heavy (non-hydrogen) atoms. The molecule has 0 bridgehead atoms. The highest BCUT2D eigenvalue weighted by Crippen LogP contribution is 2.19. The second-order valence-electron chi connectivity index (χ2n) is 5.63. The summed E-state index contributed by atoms with van der Waals surface area (Å²) in [7, 11) is 0. The molecule has 0 saturated carbocycles. The van der Waals surface area contributed by atoms with E-state index in [0.29, 0.717) is 24.9 Å². The second kappa shape index (κ2) is 8.79. The first kappa shape index (κ1) is 17.6. The summed E-state index contributed by atoms with van der Waals surface area (Å²) in [6.07, 6.45) is 2.01. The number of anilines is 2. The summed E-state index contributed by atoms with van der Waals surface area (Å²) < 4.78 is 5.39. The molecule has 1 aromatic heterocycles. The van der Waals surface area contributed by atoms with E-state index in [1.54, 1.807) is 6.07 Å². The third-order valence-electron chi connectivity index (χ3n) is 3.78. The molecule has 0 aliphatic carbocycles. The maximum Gasteiger partial charge on any atom is 0.227 e. The van der Waals surface area contributed by atoms with E-state index < -0.39 is 0 Å². The van der Waals surface area contributed by atoms with Gasteiger partial charge in [-0.1, -0.05) is 13.8 Å². The van der Waals surface area contributed by atoms with E-state index >= 15 is 0 Å². The number of carbonyl (C=O) groups is 1. The fourth-order valence-electron chi connectivity index (χ4n) is 2.62. The molecule has 1 saturated heterocycles. The van der Waals surface area contributed by atoms with E-state index in [1.165, 1.54) is 0 Å². The molecule has 1 aliphatic heterocycles. The van der Waals surface area contributed by atoms with Crippen LogP contribution < -0.4 is 15.5 Å². The minimum Gasteiger partial charge on any atom is -0.378 e. The van der Waals surface area contributed by atoms with Crippen molar-refractivity contribution in [2.75, 3.05) is 55.7 Å².